The van der Waals surface area contributed by atoms with Gasteiger partial charge in [-0.2, -0.15) is 0 Å². The predicted octanol–water partition coefficient (Wildman–Crippen LogP) is 3.74. The molecule has 4 heteroatoms. The zero-order valence-corrected chi connectivity index (χ0v) is 15.5. The van der Waals surface area contributed by atoms with Crippen molar-refractivity contribution in [2.24, 2.45) is 0 Å². The highest BCUT2D eigenvalue weighted by Gasteiger charge is 2.47. The van der Waals surface area contributed by atoms with Gasteiger partial charge in [0.25, 0.3) is 0 Å². The fourth-order valence-electron chi connectivity index (χ4n) is 4.79. The maximum atomic E-state index is 13.0. The van der Waals surface area contributed by atoms with Crippen molar-refractivity contribution in [3.8, 4) is 0 Å². The van der Waals surface area contributed by atoms with Gasteiger partial charge >= 0.3 is 0 Å². The van der Waals surface area contributed by atoms with E-state index in [4.69, 9.17) is 0 Å². The minimum atomic E-state index is -0.315. The first kappa shape index (κ1) is 18.3. The van der Waals surface area contributed by atoms with Crippen LogP contribution in [0.1, 0.15) is 47.2 Å². The molecule has 4 rings (SSSR count). The summed E-state index contributed by atoms with van der Waals surface area (Å²) in [5, 5.41) is 10.7. The van der Waals surface area contributed by atoms with E-state index in [0.717, 1.165) is 45.3 Å². The van der Waals surface area contributed by atoms with Crippen LogP contribution in [0.15, 0.2) is 48.5 Å². The largest absolute Gasteiger partial charge is 0.392 e. The molecule has 0 aromatic heterocycles. The average Bonchev–Trinajstić information content (AvgIpc) is 2.95. The standard InChI is InChI=1S/C23H26FNO2/c24-19-9-7-17(8-10-19)21(26)6-3-13-25-14-11-23(12-15-25)20-5-2-1-4-18(20)16-22(23)27/h1-2,4-5,7-10,22,27H,3,6,11-16H2. The number of Topliss-reactive ketones (excluding diaryl/α,β-unsaturated/α-hetero) is 1. The number of rotatable bonds is 5. The van der Waals surface area contributed by atoms with Gasteiger partial charge in [0.05, 0.1) is 6.10 Å². The molecule has 1 fully saturated rings. The van der Waals surface area contributed by atoms with Crippen LogP contribution in [0.5, 0.6) is 0 Å². The van der Waals surface area contributed by atoms with Crippen molar-refractivity contribution in [2.45, 2.75) is 43.6 Å². The molecule has 1 spiro atoms. The first-order chi connectivity index (χ1) is 13.1. The quantitative estimate of drug-likeness (QED) is 0.819. The Labute approximate surface area is 159 Å². The van der Waals surface area contributed by atoms with E-state index in [-0.39, 0.29) is 23.1 Å². The fourth-order valence-corrected chi connectivity index (χ4v) is 4.79. The molecule has 3 nitrogen and oxygen atoms in total. The summed E-state index contributed by atoms with van der Waals surface area (Å²) in [6.45, 7) is 2.80. The third kappa shape index (κ3) is 3.56. The van der Waals surface area contributed by atoms with E-state index < -0.39 is 0 Å². The number of carbonyl (C=O) groups excluding carboxylic acids is 1. The van der Waals surface area contributed by atoms with Gasteiger partial charge in [-0.15, -0.1) is 0 Å². The average molecular weight is 367 g/mol. The number of carbonyl (C=O) groups is 1. The lowest BCUT2D eigenvalue weighted by atomic mass is 9.72. The van der Waals surface area contributed by atoms with Crippen molar-refractivity contribution in [1.29, 1.82) is 0 Å². The fraction of sp³-hybridized carbons (Fsp3) is 0.435. The number of aliphatic hydroxyl groups excluding tert-OH is 1. The molecule has 1 unspecified atom stereocenters. The van der Waals surface area contributed by atoms with Crippen molar-refractivity contribution in [3.63, 3.8) is 0 Å². The molecule has 2 aromatic rings. The smallest absolute Gasteiger partial charge is 0.162 e. The van der Waals surface area contributed by atoms with Gasteiger partial charge in [-0.05, 0) is 80.7 Å². The topological polar surface area (TPSA) is 40.5 Å². The molecule has 0 amide bonds. The number of nitrogens with zero attached hydrogens (tertiary/aromatic N) is 1. The van der Waals surface area contributed by atoms with E-state index in [9.17, 15) is 14.3 Å². The summed E-state index contributed by atoms with van der Waals surface area (Å²) in [4.78, 5) is 14.6. The molecule has 0 bridgehead atoms. The van der Waals surface area contributed by atoms with E-state index in [1.165, 1.54) is 23.3 Å². The zero-order valence-electron chi connectivity index (χ0n) is 15.5. The van der Waals surface area contributed by atoms with E-state index in [1.54, 1.807) is 12.1 Å². The third-order valence-electron chi connectivity index (χ3n) is 6.40. The number of halogens is 1. The molecule has 27 heavy (non-hydrogen) atoms. The summed E-state index contributed by atoms with van der Waals surface area (Å²) in [6, 6.07) is 14.2. The summed E-state index contributed by atoms with van der Waals surface area (Å²) in [5.41, 5.74) is 3.13. The van der Waals surface area contributed by atoms with Crippen molar-refractivity contribution in [2.75, 3.05) is 19.6 Å². The summed E-state index contributed by atoms with van der Waals surface area (Å²) in [7, 11) is 0. The second kappa shape index (κ2) is 7.53. The van der Waals surface area contributed by atoms with Crippen LogP contribution < -0.4 is 0 Å². The van der Waals surface area contributed by atoms with E-state index in [1.807, 2.05) is 0 Å². The lowest BCUT2D eigenvalue weighted by molar-refractivity contribution is 0.0430. The summed E-state index contributed by atoms with van der Waals surface area (Å²) in [6.07, 6.45) is 3.72. The Kier molecular flexibility index (Phi) is 5.11. The maximum Gasteiger partial charge on any atom is 0.162 e. The van der Waals surface area contributed by atoms with Gasteiger partial charge < -0.3 is 10.0 Å². The highest BCUT2D eigenvalue weighted by atomic mass is 19.1. The first-order valence-electron chi connectivity index (χ1n) is 9.86. The Bertz CT molecular complexity index is 809. The summed E-state index contributed by atoms with van der Waals surface area (Å²) < 4.78 is 13.0. The van der Waals surface area contributed by atoms with E-state index >= 15 is 0 Å². The first-order valence-corrected chi connectivity index (χ1v) is 9.86. The molecular formula is C23H26FNO2. The van der Waals surface area contributed by atoms with Gasteiger partial charge in [0.1, 0.15) is 5.82 Å². The molecule has 1 heterocycles. The maximum absolute atomic E-state index is 13.0. The van der Waals surface area contributed by atoms with Crippen LogP contribution in [0.2, 0.25) is 0 Å². The summed E-state index contributed by atoms with van der Waals surface area (Å²) in [5.74, 6) is -0.243. The molecule has 1 N–H and O–H groups in total. The summed E-state index contributed by atoms with van der Waals surface area (Å²) >= 11 is 0. The SMILES string of the molecule is O=C(CCCN1CCC2(CC1)c1ccccc1CC2O)c1ccc(F)cc1. The van der Waals surface area contributed by atoms with Crippen molar-refractivity contribution >= 4 is 5.78 Å². The van der Waals surface area contributed by atoms with Gasteiger partial charge in [0.15, 0.2) is 5.78 Å². The van der Waals surface area contributed by atoms with Gasteiger partial charge in [-0.1, -0.05) is 24.3 Å². The number of hydrogen-bond donors (Lipinski definition) is 1. The molecule has 1 saturated heterocycles. The molecule has 1 atom stereocenters. The normalized spacial score (nSPS) is 21.3. The third-order valence-corrected chi connectivity index (χ3v) is 6.40. The van der Waals surface area contributed by atoms with Gasteiger partial charge in [0.2, 0.25) is 0 Å². The van der Waals surface area contributed by atoms with E-state index in [2.05, 4.69) is 29.2 Å². The highest BCUT2D eigenvalue weighted by Crippen LogP contribution is 2.46. The van der Waals surface area contributed by atoms with Crippen LogP contribution in [0.4, 0.5) is 4.39 Å². The molecule has 0 saturated carbocycles. The molecule has 0 radical (unpaired) electrons. The molecular weight excluding hydrogens is 341 g/mol. The van der Waals surface area contributed by atoms with Crippen LogP contribution in [-0.2, 0) is 11.8 Å². The second-order valence-corrected chi connectivity index (χ2v) is 7.91. The lowest BCUT2D eigenvalue weighted by Gasteiger charge is -2.42. The van der Waals surface area contributed by atoms with E-state index in [0.29, 0.717) is 12.0 Å². The van der Waals surface area contributed by atoms with Crippen molar-refractivity contribution in [3.05, 3.63) is 71.0 Å². The molecule has 2 aromatic carbocycles. The molecule has 1 aliphatic carbocycles. The Morgan fingerprint density at radius 2 is 1.81 bits per heavy atom. The number of likely N-dealkylation sites (tertiary alicyclic amines) is 1. The van der Waals surface area contributed by atoms with Crippen molar-refractivity contribution < 1.29 is 14.3 Å². The second-order valence-electron chi connectivity index (χ2n) is 7.91. The number of ketones is 1. The van der Waals surface area contributed by atoms with Crippen molar-refractivity contribution in [1.82, 2.24) is 4.90 Å². The number of hydrogen-bond acceptors (Lipinski definition) is 3. The molecule has 142 valence electrons. The predicted molar refractivity (Wildman–Crippen MR) is 103 cm³/mol. The van der Waals surface area contributed by atoms with Crippen LogP contribution in [0, 0.1) is 5.82 Å². The number of fused-ring (bicyclic) bond motifs is 2. The Morgan fingerprint density at radius 3 is 2.56 bits per heavy atom. The van der Waals surface area contributed by atoms with Gasteiger partial charge in [0, 0.05) is 17.4 Å². The lowest BCUT2D eigenvalue weighted by Crippen LogP contribution is -2.47. The molecule has 2 aliphatic rings. The number of piperidine rings is 1. The van der Waals surface area contributed by atoms with Crippen LogP contribution in [0.3, 0.4) is 0 Å². The molecule has 1 aliphatic heterocycles. The Morgan fingerprint density at radius 1 is 1.11 bits per heavy atom. The van der Waals surface area contributed by atoms with Crippen LogP contribution >= 0.6 is 0 Å². The number of aliphatic hydroxyl groups is 1. The minimum absolute atomic E-state index is 0.0728. The monoisotopic (exact) mass is 367 g/mol. The van der Waals surface area contributed by atoms with Gasteiger partial charge in [-0.25, -0.2) is 4.39 Å². The number of benzene rings is 2. The minimum Gasteiger partial charge on any atom is -0.392 e. The highest BCUT2D eigenvalue weighted by molar-refractivity contribution is 5.95. The zero-order chi connectivity index (χ0) is 18.9. The Hall–Kier alpha value is -2.04. The Balaban J connectivity index is 1.29. The van der Waals surface area contributed by atoms with Gasteiger partial charge in [-0.3, -0.25) is 4.79 Å². The van der Waals surface area contributed by atoms with Crippen LogP contribution in [-0.4, -0.2) is 41.5 Å². The van der Waals surface area contributed by atoms with Crippen LogP contribution in [0.25, 0.3) is 0 Å².